The summed E-state index contributed by atoms with van der Waals surface area (Å²) in [5, 5.41) is 26.5. The zero-order chi connectivity index (χ0) is 21.3. The fourth-order valence-corrected chi connectivity index (χ4v) is 4.58. The van der Waals surface area contributed by atoms with Crippen LogP contribution in [0.4, 0.5) is 13.9 Å². The number of anilines is 1. The van der Waals surface area contributed by atoms with E-state index >= 15 is 0 Å². The van der Waals surface area contributed by atoms with E-state index < -0.39 is 53.8 Å². The van der Waals surface area contributed by atoms with Crippen molar-refractivity contribution in [1.82, 2.24) is 15.2 Å². The number of carbonyl (C=O) groups excluding carboxylic acids is 3. The molecule has 1 aromatic heterocycles. The Labute approximate surface area is 197 Å². The Morgan fingerprint density at radius 2 is 2.23 bits per heavy atom. The van der Waals surface area contributed by atoms with Crippen LogP contribution in [-0.2, 0) is 19.2 Å². The Balaban J connectivity index is 0.00000320. The van der Waals surface area contributed by atoms with Crippen LogP contribution in [0, 0.1) is 0 Å². The van der Waals surface area contributed by atoms with Crippen LogP contribution in [0.2, 0.25) is 0 Å². The van der Waals surface area contributed by atoms with Crippen LogP contribution in [0.25, 0.3) is 0 Å². The first-order valence-corrected chi connectivity index (χ1v) is 9.70. The smallest absolute Gasteiger partial charge is 0.543 e. The van der Waals surface area contributed by atoms with Crippen LogP contribution in [0.15, 0.2) is 21.8 Å². The Morgan fingerprint density at radius 1 is 1.53 bits per heavy atom. The monoisotopic (exact) mass is 471 g/mol. The first-order valence-electron chi connectivity index (χ1n) is 7.77. The number of oxime groups is 1. The molecule has 0 radical (unpaired) electrons. The van der Waals surface area contributed by atoms with Crippen molar-refractivity contribution in [2.24, 2.45) is 5.16 Å². The molecule has 2 aliphatic heterocycles. The quantitative estimate of drug-likeness (QED) is 0.153. The molecule has 16 heteroatoms. The van der Waals surface area contributed by atoms with Crippen LogP contribution in [-0.4, -0.2) is 68.9 Å². The number of fused-ring (bicyclic) bond motifs is 1. The van der Waals surface area contributed by atoms with Crippen molar-refractivity contribution in [1.29, 1.82) is 0 Å². The first kappa shape index (κ1) is 24.5. The minimum atomic E-state index is -3.30. The number of nitrogen functional groups attached to an aromatic ring is 1. The Kier molecular flexibility index (Phi) is 8.18. The van der Waals surface area contributed by atoms with Gasteiger partial charge in [-0.2, -0.15) is 8.78 Å². The maximum absolute atomic E-state index is 12.5. The molecule has 2 aliphatic rings. The molecule has 0 saturated carbocycles. The number of hydrogen-bond acceptors (Lipinski definition) is 11. The second kappa shape index (κ2) is 10.0. The zero-order valence-electron chi connectivity index (χ0n) is 15.2. The summed E-state index contributed by atoms with van der Waals surface area (Å²) >= 11 is 2.04. The van der Waals surface area contributed by atoms with Crippen LogP contribution < -0.4 is 45.7 Å². The van der Waals surface area contributed by atoms with Gasteiger partial charge < -0.3 is 30.9 Å². The van der Waals surface area contributed by atoms with Crippen molar-refractivity contribution in [3.05, 3.63) is 22.3 Å². The van der Waals surface area contributed by atoms with E-state index in [4.69, 9.17) is 5.73 Å². The van der Waals surface area contributed by atoms with Gasteiger partial charge in [-0.15, -0.1) is 23.1 Å². The number of aliphatic hydroxyl groups is 1. The van der Waals surface area contributed by atoms with Crippen LogP contribution in [0.3, 0.4) is 0 Å². The molecule has 1 saturated heterocycles. The number of carbonyl (C=O) groups is 3. The normalized spacial score (nSPS) is 21.0. The number of nitrogens with zero attached hydrogens (tertiary/aromatic N) is 3. The molecular weight excluding hydrogens is 459 g/mol. The molecule has 3 rings (SSSR count). The summed E-state index contributed by atoms with van der Waals surface area (Å²) in [6.45, 7) is -3.87. The number of rotatable bonds is 7. The molecule has 2 atom stereocenters. The number of thioether (sulfide) groups is 1. The van der Waals surface area contributed by atoms with E-state index in [1.807, 2.05) is 0 Å². The molecular formula is C14H12F2N5NaO6S2. The molecule has 156 valence electrons. The SMILES string of the molecule is Nc1nc(/C(=N\OC(F)F)C(=O)NC2C(=O)N3C(C(=O)[O-])=C(CO)CS[C@H]23)cs1.[Na+]. The third-order valence-electron chi connectivity index (χ3n) is 3.92. The van der Waals surface area contributed by atoms with E-state index in [9.17, 15) is 33.4 Å². The summed E-state index contributed by atoms with van der Waals surface area (Å²) in [5.74, 6) is -3.35. The summed E-state index contributed by atoms with van der Waals surface area (Å²) in [4.78, 5) is 44.8. The average Bonchev–Trinajstić information content (AvgIpc) is 3.10. The first-order chi connectivity index (χ1) is 13.7. The Hall–Kier alpha value is -1.78. The van der Waals surface area contributed by atoms with Gasteiger partial charge in [0.15, 0.2) is 10.8 Å². The predicted molar refractivity (Wildman–Crippen MR) is 94.3 cm³/mol. The van der Waals surface area contributed by atoms with E-state index in [-0.39, 0.29) is 51.7 Å². The summed E-state index contributed by atoms with van der Waals surface area (Å²) in [5.41, 5.74) is 4.36. The second-order valence-corrected chi connectivity index (χ2v) is 7.63. The van der Waals surface area contributed by atoms with E-state index in [2.05, 4.69) is 20.3 Å². The van der Waals surface area contributed by atoms with E-state index in [1.165, 1.54) is 5.38 Å². The molecule has 1 fully saturated rings. The van der Waals surface area contributed by atoms with Gasteiger partial charge in [-0.05, 0) is 5.57 Å². The zero-order valence-corrected chi connectivity index (χ0v) is 18.8. The number of carboxylic acid groups (broad SMARTS) is 1. The number of β-lactam (4-membered cyclic amide) rings is 1. The van der Waals surface area contributed by atoms with Gasteiger partial charge in [-0.1, -0.05) is 5.16 Å². The molecule has 0 aromatic carbocycles. The number of carboxylic acids is 1. The molecule has 0 spiro atoms. The third kappa shape index (κ3) is 4.76. The molecule has 1 aromatic rings. The Bertz CT molecular complexity index is 926. The predicted octanol–water partition coefficient (Wildman–Crippen LogP) is -4.93. The summed E-state index contributed by atoms with van der Waals surface area (Å²) in [7, 11) is 0. The number of alkyl halides is 2. The van der Waals surface area contributed by atoms with Gasteiger partial charge >= 0.3 is 36.2 Å². The van der Waals surface area contributed by atoms with Gasteiger partial charge in [0.25, 0.3) is 11.8 Å². The fourth-order valence-electron chi connectivity index (χ4n) is 2.70. The number of nitrogens with two attached hydrogens (primary N) is 1. The number of nitrogens with one attached hydrogen (secondary N) is 1. The largest absolute Gasteiger partial charge is 1.00 e. The number of thiazole rings is 1. The minimum absolute atomic E-state index is 0. The van der Waals surface area contributed by atoms with Gasteiger partial charge in [0.1, 0.15) is 17.1 Å². The van der Waals surface area contributed by atoms with Gasteiger partial charge in [-0.25, -0.2) is 4.98 Å². The average molecular weight is 471 g/mol. The summed E-state index contributed by atoms with van der Waals surface area (Å²) < 4.78 is 24.7. The van der Waals surface area contributed by atoms with E-state index in [1.54, 1.807) is 0 Å². The number of halogens is 2. The van der Waals surface area contributed by atoms with Crippen molar-refractivity contribution in [3.63, 3.8) is 0 Å². The van der Waals surface area contributed by atoms with E-state index in [0.29, 0.717) is 0 Å². The Morgan fingerprint density at radius 3 is 2.77 bits per heavy atom. The van der Waals surface area contributed by atoms with E-state index in [0.717, 1.165) is 28.0 Å². The van der Waals surface area contributed by atoms with Gasteiger partial charge in [0, 0.05) is 11.1 Å². The minimum Gasteiger partial charge on any atom is -0.543 e. The maximum Gasteiger partial charge on any atom is 1.00 e. The number of amides is 2. The fraction of sp³-hybridized carbons (Fsp3) is 0.357. The topological polar surface area (TPSA) is 170 Å². The van der Waals surface area contributed by atoms with Crippen molar-refractivity contribution in [2.75, 3.05) is 18.1 Å². The van der Waals surface area contributed by atoms with Crippen molar-refractivity contribution in [2.45, 2.75) is 18.0 Å². The van der Waals surface area contributed by atoms with Crippen LogP contribution in [0.1, 0.15) is 5.69 Å². The molecule has 11 nitrogen and oxygen atoms in total. The summed E-state index contributed by atoms with van der Waals surface area (Å²) in [6, 6.07) is -1.16. The number of aliphatic hydroxyl groups excluding tert-OH is 1. The van der Waals surface area contributed by atoms with Gasteiger partial charge in [0.2, 0.25) is 0 Å². The van der Waals surface area contributed by atoms with Crippen molar-refractivity contribution in [3.8, 4) is 0 Å². The standard InChI is InChI=1S/C14H13F2N5O6S2.Na/c15-13(16)27-20-6(5-3-29-14(17)18-5)9(23)19-7-10(24)21-8(12(25)26)4(1-22)2-28-11(7)21;/h3,7,11,13,22H,1-2H2,(H2,17,18)(H,19,23)(H,25,26);/q;+1/p-1/b20-6+;/t7?,11-;/m1./s1. The van der Waals surface area contributed by atoms with Crippen molar-refractivity contribution >= 4 is 51.7 Å². The van der Waals surface area contributed by atoms with Crippen molar-refractivity contribution < 1.29 is 67.8 Å². The molecule has 30 heavy (non-hydrogen) atoms. The van der Waals surface area contributed by atoms with Gasteiger partial charge in [0.05, 0.1) is 18.3 Å². The molecule has 3 heterocycles. The maximum atomic E-state index is 12.5. The van der Waals surface area contributed by atoms with Crippen LogP contribution in [0.5, 0.6) is 0 Å². The number of aromatic nitrogens is 1. The number of hydrogen-bond donors (Lipinski definition) is 3. The molecule has 0 aliphatic carbocycles. The molecule has 1 unspecified atom stereocenters. The summed E-state index contributed by atoms with van der Waals surface area (Å²) in [6.07, 6.45) is 0. The molecule has 2 amide bonds. The van der Waals surface area contributed by atoms with Crippen LogP contribution >= 0.6 is 23.1 Å². The second-order valence-electron chi connectivity index (χ2n) is 5.64. The molecule has 0 bridgehead atoms. The number of aliphatic carboxylic acids is 1. The molecule has 4 N–H and O–H groups in total. The van der Waals surface area contributed by atoms with Gasteiger partial charge in [-0.3, -0.25) is 14.5 Å². The third-order valence-corrected chi connectivity index (χ3v) is 5.93.